The number of primary sulfonamides is 1. The molecule has 0 bridgehead atoms. The maximum Gasteiger partial charge on any atom is 0.241 e. The lowest BCUT2D eigenvalue weighted by Gasteiger charge is -2.11. The molecule has 0 aliphatic rings. The highest BCUT2D eigenvalue weighted by atomic mass is 32.2. The zero-order valence-corrected chi connectivity index (χ0v) is 10.6. The fourth-order valence-electron chi connectivity index (χ4n) is 1.22. The van der Waals surface area contributed by atoms with E-state index in [0.717, 1.165) is 5.57 Å². The number of ether oxygens (including phenoxy) is 1. The largest absolute Gasteiger partial charge is 0.489 e. The van der Waals surface area contributed by atoms with Crippen LogP contribution in [-0.4, -0.2) is 15.0 Å². The molecular formula is C11H13F2NO3S. The third-order valence-corrected chi connectivity index (χ3v) is 2.97. The average Bonchev–Trinajstić information content (AvgIpc) is 2.18. The summed E-state index contributed by atoms with van der Waals surface area (Å²) in [4.78, 5) is -0.707. The van der Waals surface area contributed by atoms with Crippen molar-refractivity contribution in [3.05, 3.63) is 35.9 Å². The molecule has 0 aromatic heterocycles. The lowest BCUT2D eigenvalue weighted by atomic mass is 10.2. The Bertz CT molecular complexity index is 570. The van der Waals surface area contributed by atoms with Gasteiger partial charge in [0.1, 0.15) is 10.7 Å². The smallest absolute Gasteiger partial charge is 0.241 e. The van der Waals surface area contributed by atoms with Crippen LogP contribution in [0.25, 0.3) is 0 Å². The molecule has 0 atom stereocenters. The molecule has 0 saturated heterocycles. The van der Waals surface area contributed by atoms with Crippen molar-refractivity contribution in [3.8, 4) is 5.75 Å². The first-order chi connectivity index (χ1) is 8.21. The Balaban J connectivity index is 3.13. The highest BCUT2D eigenvalue weighted by molar-refractivity contribution is 7.89. The van der Waals surface area contributed by atoms with Crippen molar-refractivity contribution in [1.82, 2.24) is 0 Å². The Morgan fingerprint density at radius 2 is 2.06 bits per heavy atom. The van der Waals surface area contributed by atoms with Gasteiger partial charge < -0.3 is 4.74 Å². The molecule has 0 saturated carbocycles. The third-order valence-electron chi connectivity index (χ3n) is 2.06. The fraction of sp³-hybridized carbons (Fsp3) is 0.273. The van der Waals surface area contributed by atoms with E-state index in [1.165, 1.54) is 0 Å². The van der Waals surface area contributed by atoms with Gasteiger partial charge in [0.2, 0.25) is 10.0 Å². The molecule has 0 unspecified atom stereocenters. The van der Waals surface area contributed by atoms with Crippen molar-refractivity contribution < 1.29 is 21.9 Å². The molecule has 1 aromatic rings. The van der Waals surface area contributed by atoms with Crippen molar-refractivity contribution in [1.29, 1.82) is 0 Å². The second kappa shape index (κ2) is 5.45. The van der Waals surface area contributed by atoms with Gasteiger partial charge in [-0.25, -0.2) is 22.3 Å². The summed E-state index contributed by atoms with van der Waals surface area (Å²) >= 11 is 0. The van der Waals surface area contributed by atoms with Gasteiger partial charge in [-0.3, -0.25) is 0 Å². The molecule has 18 heavy (non-hydrogen) atoms. The molecule has 0 spiro atoms. The number of sulfonamides is 1. The van der Waals surface area contributed by atoms with E-state index in [1.54, 1.807) is 6.92 Å². The minimum absolute atomic E-state index is 0.0282. The van der Waals surface area contributed by atoms with Crippen LogP contribution >= 0.6 is 0 Å². The van der Waals surface area contributed by atoms with E-state index in [2.05, 4.69) is 6.58 Å². The molecule has 2 N–H and O–H groups in total. The van der Waals surface area contributed by atoms with Crippen molar-refractivity contribution in [2.24, 2.45) is 5.14 Å². The lowest BCUT2D eigenvalue weighted by Crippen LogP contribution is -2.15. The standard InChI is InChI=1S/C11H13F2NO3S/c1-7(2)3-4-17-11-9(13)5-8(12)6-10(11)18(14,15)16/h5-6H,1,3-4H2,2H3,(H2,14,15,16). The Kier molecular flexibility index (Phi) is 4.42. The number of halogens is 2. The summed E-state index contributed by atoms with van der Waals surface area (Å²) in [5.74, 6) is -2.72. The quantitative estimate of drug-likeness (QED) is 0.836. The number of hydrogen-bond acceptors (Lipinski definition) is 3. The van der Waals surface area contributed by atoms with Gasteiger partial charge in [-0.15, -0.1) is 6.58 Å². The number of rotatable bonds is 5. The highest BCUT2D eigenvalue weighted by Gasteiger charge is 2.21. The van der Waals surface area contributed by atoms with Crippen LogP contribution in [0.4, 0.5) is 8.78 Å². The molecule has 4 nitrogen and oxygen atoms in total. The fourth-order valence-corrected chi connectivity index (χ4v) is 1.91. The van der Waals surface area contributed by atoms with E-state index in [0.29, 0.717) is 18.6 Å². The first kappa shape index (κ1) is 14.6. The first-order valence-corrected chi connectivity index (χ1v) is 6.55. The SMILES string of the molecule is C=C(C)CCOc1c(F)cc(F)cc1S(N)(=O)=O. The normalized spacial score (nSPS) is 11.3. The molecule has 0 fully saturated rings. The second-order valence-electron chi connectivity index (χ2n) is 3.82. The van der Waals surface area contributed by atoms with E-state index in [1.807, 2.05) is 0 Å². The third kappa shape index (κ3) is 3.78. The zero-order chi connectivity index (χ0) is 13.9. The molecule has 0 radical (unpaired) electrons. The van der Waals surface area contributed by atoms with Crippen LogP contribution in [0.2, 0.25) is 0 Å². The van der Waals surface area contributed by atoms with Crippen LogP contribution in [0.3, 0.4) is 0 Å². The van der Waals surface area contributed by atoms with E-state index >= 15 is 0 Å². The topological polar surface area (TPSA) is 69.4 Å². The minimum Gasteiger partial charge on any atom is -0.489 e. The zero-order valence-electron chi connectivity index (χ0n) is 9.74. The van der Waals surface area contributed by atoms with Gasteiger partial charge in [-0.2, -0.15) is 0 Å². The van der Waals surface area contributed by atoms with Crippen LogP contribution in [0.15, 0.2) is 29.2 Å². The Hall–Kier alpha value is -1.47. The van der Waals surface area contributed by atoms with Gasteiger partial charge in [0, 0.05) is 12.5 Å². The maximum absolute atomic E-state index is 13.5. The summed E-state index contributed by atoms with van der Waals surface area (Å²) in [6.45, 7) is 5.39. The molecular weight excluding hydrogens is 264 g/mol. The number of hydrogen-bond donors (Lipinski definition) is 1. The van der Waals surface area contributed by atoms with Crippen LogP contribution in [0.1, 0.15) is 13.3 Å². The average molecular weight is 277 g/mol. The van der Waals surface area contributed by atoms with Crippen LogP contribution in [-0.2, 0) is 10.0 Å². The Morgan fingerprint density at radius 3 is 2.56 bits per heavy atom. The summed E-state index contributed by atoms with van der Waals surface area (Å²) in [5.41, 5.74) is 0.787. The van der Waals surface area contributed by atoms with E-state index in [4.69, 9.17) is 9.88 Å². The van der Waals surface area contributed by atoms with E-state index < -0.39 is 32.3 Å². The second-order valence-corrected chi connectivity index (χ2v) is 5.35. The molecule has 7 heteroatoms. The molecule has 0 amide bonds. The Labute approximate surface area is 104 Å². The lowest BCUT2D eigenvalue weighted by molar-refractivity contribution is 0.295. The Morgan fingerprint density at radius 1 is 1.44 bits per heavy atom. The van der Waals surface area contributed by atoms with Crippen LogP contribution < -0.4 is 9.88 Å². The molecule has 100 valence electrons. The van der Waals surface area contributed by atoms with Gasteiger partial charge in [-0.05, 0) is 13.0 Å². The predicted octanol–water partition coefficient (Wildman–Crippen LogP) is 1.96. The molecule has 1 aromatic carbocycles. The van der Waals surface area contributed by atoms with Crippen molar-refractivity contribution in [2.75, 3.05) is 6.61 Å². The number of benzene rings is 1. The molecule has 0 aliphatic carbocycles. The van der Waals surface area contributed by atoms with Gasteiger partial charge in [0.25, 0.3) is 0 Å². The number of nitrogens with two attached hydrogens (primary N) is 1. The minimum atomic E-state index is -4.26. The van der Waals surface area contributed by atoms with Crippen molar-refractivity contribution in [3.63, 3.8) is 0 Å². The van der Waals surface area contributed by atoms with Crippen molar-refractivity contribution in [2.45, 2.75) is 18.2 Å². The van der Waals surface area contributed by atoms with Crippen LogP contribution in [0, 0.1) is 11.6 Å². The molecule has 1 rings (SSSR count). The monoisotopic (exact) mass is 277 g/mol. The summed E-state index contributed by atoms with van der Waals surface area (Å²) in [5, 5.41) is 4.87. The first-order valence-electron chi connectivity index (χ1n) is 5.01. The van der Waals surface area contributed by atoms with Gasteiger partial charge in [0.05, 0.1) is 6.61 Å². The summed E-state index contributed by atoms with van der Waals surface area (Å²) in [6.07, 6.45) is 0.418. The predicted molar refractivity (Wildman–Crippen MR) is 62.7 cm³/mol. The highest BCUT2D eigenvalue weighted by Crippen LogP contribution is 2.27. The van der Waals surface area contributed by atoms with E-state index in [-0.39, 0.29) is 6.61 Å². The maximum atomic E-state index is 13.5. The molecule has 0 heterocycles. The summed E-state index contributed by atoms with van der Waals surface area (Å²) < 4.78 is 53.8. The van der Waals surface area contributed by atoms with Gasteiger partial charge >= 0.3 is 0 Å². The molecule has 0 aliphatic heterocycles. The summed E-state index contributed by atoms with van der Waals surface area (Å²) in [7, 11) is -4.26. The summed E-state index contributed by atoms with van der Waals surface area (Å²) in [6, 6.07) is 1.15. The van der Waals surface area contributed by atoms with Gasteiger partial charge in [-0.1, -0.05) is 5.57 Å². The van der Waals surface area contributed by atoms with Gasteiger partial charge in [0.15, 0.2) is 11.6 Å². The van der Waals surface area contributed by atoms with E-state index in [9.17, 15) is 17.2 Å². The van der Waals surface area contributed by atoms with Crippen molar-refractivity contribution >= 4 is 10.0 Å². The van der Waals surface area contributed by atoms with Crippen LogP contribution in [0.5, 0.6) is 5.75 Å².